The maximum atomic E-state index is 4.71. The number of furan rings is 1. The van der Waals surface area contributed by atoms with Gasteiger partial charge in [0.15, 0.2) is 0 Å². The van der Waals surface area contributed by atoms with Gasteiger partial charge in [0.25, 0.3) is 0 Å². The number of hydrogen-bond acceptors (Lipinski definition) is 2. The third-order valence-electron chi connectivity index (χ3n) is 1.33. The number of aryl methyl sites for hydroxylation is 2. The third-order valence-corrected chi connectivity index (χ3v) is 2.13. The first kappa shape index (κ1) is 22.2. The third kappa shape index (κ3) is 17.4. The Hall–Kier alpha value is -1.02. The zero-order valence-electron chi connectivity index (χ0n) is 13.3. The van der Waals surface area contributed by atoms with Gasteiger partial charge in [0.2, 0.25) is 0 Å². The Morgan fingerprint density at radius 2 is 1.44 bits per heavy atom. The first-order valence-electron chi connectivity index (χ1n) is 6.78. The highest BCUT2D eigenvalue weighted by atomic mass is 32.1. The van der Waals surface area contributed by atoms with Gasteiger partial charge in [0.1, 0.15) is 0 Å². The van der Waals surface area contributed by atoms with Gasteiger partial charge in [-0.15, -0.1) is 11.3 Å². The Labute approximate surface area is 118 Å². The van der Waals surface area contributed by atoms with Crippen LogP contribution >= 0.6 is 11.3 Å². The smallest absolute Gasteiger partial charge is 0.0931 e. The molecule has 0 spiro atoms. The monoisotopic (exact) mass is 270 g/mol. The van der Waals surface area contributed by atoms with E-state index in [1.165, 1.54) is 10.4 Å². The Morgan fingerprint density at radius 3 is 1.56 bits per heavy atom. The molecule has 0 aliphatic rings. The topological polar surface area (TPSA) is 13.1 Å². The lowest BCUT2D eigenvalue weighted by Crippen LogP contribution is -1.48. The van der Waals surface area contributed by atoms with Crippen molar-refractivity contribution in [2.24, 2.45) is 0 Å². The molecule has 0 aromatic carbocycles. The zero-order valence-corrected chi connectivity index (χ0v) is 14.1. The summed E-state index contributed by atoms with van der Waals surface area (Å²) in [5.74, 6) is 0. The van der Waals surface area contributed by atoms with Crippen molar-refractivity contribution in [3.63, 3.8) is 0 Å². The minimum Gasteiger partial charge on any atom is -0.472 e. The summed E-state index contributed by atoms with van der Waals surface area (Å²) in [6, 6.07) is 6.07. The van der Waals surface area contributed by atoms with E-state index in [4.69, 9.17) is 4.42 Å². The van der Waals surface area contributed by atoms with Crippen molar-refractivity contribution in [3.05, 3.63) is 46.5 Å². The van der Waals surface area contributed by atoms with Crippen LogP contribution in [0, 0.1) is 13.8 Å². The van der Waals surface area contributed by atoms with Crippen LogP contribution in [0.3, 0.4) is 0 Å². The van der Waals surface area contributed by atoms with E-state index in [1.54, 1.807) is 23.9 Å². The van der Waals surface area contributed by atoms with Crippen molar-refractivity contribution in [2.75, 3.05) is 0 Å². The van der Waals surface area contributed by atoms with E-state index in [9.17, 15) is 0 Å². The summed E-state index contributed by atoms with van der Waals surface area (Å²) in [7, 11) is 0. The van der Waals surface area contributed by atoms with Crippen LogP contribution in [0.4, 0.5) is 0 Å². The van der Waals surface area contributed by atoms with Gasteiger partial charge in [0, 0.05) is 4.88 Å². The second kappa shape index (κ2) is 21.3. The summed E-state index contributed by atoms with van der Waals surface area (Å²) < 4.78 is 4.71. The highest BCUT2D eigenvalue weighted by Gasteiger charge is 1.76. The molecule has 0 unspecified atom stereocenters. The first-order chi connectivity index (χ1) is 8.79. The van der Waals surface area contributed by atoms with Crippen LogP contribution in [0.1, 0.15) is 52.0 Å². The summed E-state index contributed by atoms with van der Waals surface area (Å²) >= 11 is 1.78. The van der Waals surface area contributed by atoms with E-state index < -0.39 is 0 Å². The van der Waals surface area contributed by atoms with Gasteiger partial charge in [-0.05, 0) is 36.9 Å². The fourth-order valence-corrected chi connectivity index (χ4v) is 1.22. The fraction of sp³-hybridized carbons (Fsp3) is 0.500. The summed E-state index contributed by atoms with van der Waals surface area (Å²) in [5, 5.41) is 2.08. The van der Waals surface area contributed by atoms with Crippen LogP contribution in [-0.2, 0) is 0 Å². The van der Waals surface area contributed by atoms with E-state index in [-0.39, 0.29) is 0 Å². The molecule has 0 saturated carbocycles. The molecule has 2 rings (SSSR count). The Balaban J connectivity index is -0.000000178. The lowest BCUT2D eigenvalue weighted by atomic mass is 10.4. The highest BCUT2D eigenvalue weighted by Crippen LogP contribution is 2.03. The molecule has 18 heavy (non-hydrogen) atoms. The number of hydrogen-bond donors (Lipinski definition) is 0. The summed E-state index contributed by atoms with van der Waals surface area (Å²) in [5.41, 5.74) is 1.18. The maximum absolute atomic E-state index is 4.71. The molecule has 0 radical (unpaired) electrons. The quantitative estimate of drug-likeness (QED) is 0.517. The molecular weight excluding hydrogens is 240 g/mol. The van der Waals surface area contributed by atoms with Gasteiger partial charge in [0.05, 0.1) is 12.5 Å². The second-order valence-electron chi connectivity index (χ2n) is 2.52. The normalized spacial score (nSPS) is 6.89. The summed E-state index contributed by atoms with van der Waals surface area (Å²) in [6.45, 7) is 16.1. The van der Waals surface area contributed by atoms with Crippen molar-refractivity contribution in [1.82, 2.24) is 0 Å². The number of thiophene rings is 1. The van der Waals surface area contributed by atoms with E-state index in [2.05, 4.69) is 24.4 Å². The molecule has 0 amide bonds. The Kier molecular flexibility index (Phi) is 26.2. The van der Waals surface area contributed by atoms with Crippen LogP contribution < -0.4 is 0 Å². The molecule has 0 atom stereocenters. The van der Waals surface area contributed by atoms with Crippen LogP contribution in [0.25, 0.3) is 0 Å². The molecule has 0 saturated heterocycles. The lowest BCUT2D eigenvalue weighted by Gasteiger charge is -1.65. The van der Waals surface area contributed by atoms with Gasteiger partial charge in [-0.25, -0.2) is 0 Å². The maximum Gasteiger partial charge on any atom is 0.0931 e. The van der Waals surface area contributed by atoms with Gasteiger partial charge < -0.3 is 4.42 Å². The van der Waals surface area contributed by atoms with Crippen molar-refractivity contribution in [1.29, 1.82) is 0 Å². The van der Waals surface area contributed by atoms with Crippen LogP contribution in [0.5, 0.6) is 0 Å². The molecule has 1 nitrogen and oxygen atoms in total. The van der Waals surface area contributed by atoms with Crippen molar-refractivity contribution in [3.8, 4) is 0 Å². The van der Waals surface area contributed by atoms with E-state index >= 15 is 0 Å². The number of rotatable bonds is 0. The molecule has 2 aromatic rings. The molecule has 2 aromatic heterocycles. The van der Waals surface area contributed by atoms with Gasteiger partial charge in [-0.3, -0.25) is 0 Å². The minimum atomic E-state index is 1.18. The SMILES string of the molecule is CC.CC.CC.Cc1cccs1.Cc1ccoc1. The van der Waals surface area contributed by atoms with Crippen molar-refractivity contribution < 1.29 is 4.42 Å². The molecular formula is C16H30OS. The fourth-order valence-electron chi connectivity index (χ4n) is 0.693. The van der Waals surface area contributed by atoms with Gasteiger partial charge >= 0.3 is 0 Å². The average molecular weight is 270 g/mol. The molecule has 0 aliphatic heterocycles. The molecule has 2 heteroatoms. The van der Waals surface area contributed by atoms with Crippen LogP contribution in [0.2, 0.25) is 0 Å². The van der Waals surface area contributed by atoms with E-state index in [0.717, 1.165) is 0 Å². The first-order valence-corrected chi connectivity index (χ1v) is 7.66. The molecule has 0 aliphatic carbocycles. The van der Waals surface area contributed by atoms with Crippen LogP contribution in [-0.4, -0.2) is 0 Å². The van der Waals surface area contributed by atoms with Crippen molar-refractivity contribution in [2.45, 2.75) is 55.4 Å². The predicted octanol–water partition coefficient (Wildman–Crippen LogP) is 6.72. The van der Waals surface area contributed by atoms with E-state index in [1.807, 2.05) is 54.5 Å². The van der Waals surface area contributed by atoms with Gasteiger partial charge in [-0.1, -0.05) is 47.6 Å². The molecule has 0 bridgehead atoms. The summed E-state index contributed by atoms with van der Waals surface area (Å²) in [4.78, 5) is 1.38. The average Bonchev–Trinajstić information content (AvgIpc) is 3.11. The highest BCUT2D eigenvalue weighted by molar-refractivity contribution is 7.09. The molecule has 0 N–H and O–H groups in total. The van der Waals surface area contributed by atoms with Gasteiger partial charge in [-0.2, -0.15) is 0 Å². The summed E-state index contributed by atoms with van der Waals surface area (Å²) in [6.07, 6.45) is 3.37. The Morgan fingerprint density at radius 1 is 0.889 bits per heavy atom. The minimum absolute atomic E-state index is 1.18. The Bertz CT molecular complexity index is 251. The predicted molar refractivity (Wildman–Crippen MR) is 86.5 cm³/mol. The molecule has 106 valence electrons. The standard InChI is InChI=1S/C5H6O.C5H6S.3C2H6/c1-5-2-3-6-4-5;1-5-3-2-4-6-5;3*1-2/h2*2-4H,1H3;3*1-2H3. The van der Waals surface area contributed by atoms with E-state index in [0.29, 0.717) is 0 Å². The largest absolute Gasteiger partial charge is 0.472 e. The molecule has 0 fully saturated rings. The second-order valence-corrected chi connectivity index (χ2v) is 3.68. The lowest BCUT2D eigenvalue weighted by molar-refractivity contribution is 0.565. The van der Waals surface area contributed by atoms with Crippen molar-refractivity contribution >= 4 is 11.3 Å². The zero-order chi connectivity index (χ0) is 14.8. The molecule has 2 heterocycles. The van der Waals surface area contributed by atoms with Crippen LogP contribution in [0.15, 0.2) is 40.5 Å².